The first-order valence-corrected chi connectivity index (χ1v) is 7.17. The zero-order valence-electron chi connectivity index (χ0n) is 12.0. The highest BCUT2D eigenvalue weighted by Crippen LogP contribution is 2.11. The van der Waals surface area contributed by atoms with E-state index in [0.717, 1.165) is 25.9 Å². The van der Waals surface area contributed by atoms with Crippen molar-refractivity contribution in [2.24, 2.45) is 5.73 Å². The number of nitrogens with zero attached hydrogens (tertiary/aromatic N) is 1. The second-order valence-corrected chi connectivity index (χ2v) is 5.21. The Balaban J connectivity index is 1.84. The van der Waals surface area contributed by atoms with E-state index in [1.54, 1.807) is 18.4 Å². The van der Waals surface area contributed by atoms with E-state index in [1.165, 1.54) is 0 Å². The van der Waals surface area contributed by atoms with E-state index in [-0.39, 0.29) is 25.0 Å². The number of rotatable bonds is 7. The van der Waals surface area contributed by atoms with Gasteiger partial charge in [-0.3, -0.25) is 14.5 Å². The molecule has 1 fully saturated rings. The van der Waals surface area contributed by atoms with Crippen LogP contribution in [0.15, 0.2) is 22.8 Å². The van der Waals surface area contributed by atoms with Crippen molar-refractivity contribution in [2.45, 2.75) is 25.4 Å². The van der Waals surface area contributed by atoms with Crippen LogP contribution in [0.4, 0.5) is 0 Å². The largest absolute Gasteiger partial charge is 0.467 e. The predicted molar refractivity (Wildman–Crippen MR) is 77.2 cm³/mol. The van der Waals surface area contributed by atoms with Crippen molar-refractivity contribution in [3.05, 3.63) is 24.2 Å². The van der Waals surface area contributed by atoms with Gasteiger partial charge in [-0.2, -0.15) is 0 Å². The summed E-state index contributed by atoms with van der Waals surface area (Å²) >= 11 is 0. The first-order chi connectivity index (χ1) is 10.1. The van der Waals surface area contributed by atoms with Crippen LogP contribution in [0, 0.1) is 0 Å². The Bertz CT molecular complexity index is 455. The lowest BCUT2D eigenvalue weighted by atomic mass is 10.0. The Hall–Kier alpha value is -1.86. The number of hydrogen-bond acceptors (Lipinski definition) is 5. The molecule has 0 aromatic carbocycles. The fraction of sp³-hybridized carbons (Fsp3) is 0.571. The second kappa shape index (κ2) is 7.80. The topological polar surface area (TPSA) is 101 Å². The van der Waals surface area contributed by atoms with E-state index in [0.29, 0.717) is 12.3 Å². The third kappa shape index (κ3) is 5.20. The summed E-state index contributed by atoms with van der Waals surface area (Å²) in [6.07, 6.45) is 3.40. The Kier molecular flexibility index (Phi) is 5.77. The summed E-state index contributed by atoms with van der Waals surface area (Å²) in [5.41, 5.74) is 5.28. The zero-order chi connectivity index (χ0) is 15.1. The molecule has 116 valence electrons. The molecule has 0 unspecified atom stereocenters. The molecule has 2 rings (SSSR count). The summed E-state index contributed by atoms with van der Waals surface area (Å²) in [6, 6.07) is 3.79. The zero-order valence-corrected chi connectivity index (χ0v) is 12.0. The number of piperidine rings is 1. The van der Waals surface area contributed by atoms with Gasteiger partial charge in [0.25, 0.3) is 0 Å². The molecular weight excluding hydrogens is 272 g/mol. The fourth-order valence-corrected chi connectivity index (χ4v) is 2.53. The predicted octanol–water partition coefficient (Wildman–Crippen LogP) is -0.565. The third-order valence-electron chi connectivity index (χ3n) is 3.57. The Morgan fingerprint density at radius 1 is 1.38 bits per heavy atom. The Morgan fingerprint density at radius 2 is 2.14 bits per heavy atom. The van der Waals surface area contributed by atoms with E-state index in [4.69, 9.17) is 10.2 Å². The van der Waals surface area contributed by atoms with Gasteiger partial charge in [-0.25, -0.2) is 0 Å². The molecule has 0 atom stereocenters. The van der Waals surface area contributed by atoms with Crippen LogP contribution in [0.25, 0.3) is 0 Å². The number of carbonyl (C=O) groups excluding carboxylic acids is 2. The quantitative estimate of drug-likeness (QED) is 0.625. The van der Waals surface area contributed by atoms with Crippen LogP contribution < -0.4 is 16.4 Å². The van der Waals surface area contributed by atoms with E-state index in [9.17, 15) is 9.59 Å². The van der Waals surface area contributed by atoms with E-state index < -0.39 is 5.91 Å². The minimum absolute atomic E-state index is 0.110. The SMILES string of the molecule is NC(=O)CN(CC(=O)NCc1ccco1)C1CCNCC1. The highest BCUT2D eigenvalue weighted by Gasteiger charge is 2.24. The maximum Gasteiger partial charge on any atom is 0.234 e. The molecular formula is C14H22N4O3. The molecule has 7 heteroatoms. The highest BCUT2D eigenvalue weighted by atomic mass is 16.3. The maximum absolute atomic E-state index is 12.0. The summed E-state index contributed by atoms with van der Waals surface area (Å²) in [7, 11) is 0. The number of nitrogens with one attached hydrogen (secondary N) is 2. The summed E-state index contributed by atoms with van der Waals surface area (Å²) in [4.78, 5) is 25.1. The normalized spacial score (nSPS) is 16.0. The van der Waals surface area contributed by atoms with E-state index in [1.807, 2.05) is 4.90 Å². The van der Waals surface area contributed by atoms with Crippen molar-refractivity contribution in [3.8, 4) is 0 Å². The average Bonchev–Trinajstić information content (AvgIpc) is 2.98. The first kappa shape index (κ1) is 15.5. The Labute approximate surface area is 123 Å². The minimum atomic E-state index is -0.410. The van der Waals surface area contributed by atoms with Crippen LogP contribution in [0.2, 0.25) is 0 Å². The number of primary amides is 1. The molecule has 1 aromatic heterocycles. The third-order valence-corrected chi connectivity index (χ3v) is 3.57. The van der Waals surface area contributed by atoms with Crippen molar-refractivity contribution >= 4 is 11.8 Å². The maximum atomic E-state index is 12.0. The molecule has 0 aliphatic carbocycles. The van der Waals surface area contributed by atoms with E-state index in [2.05, 4.69) is 10.6 Å². The van der Waals surface area contributed by atoms with Crippen LogP contribution in [0.5, 0.6) is 0 Å². The molecule has 1 aliphatic heterocycles. The van der Waals surface area contributed by atoms with Gasteiger partial charge in [0.1, 0.15) is 5.76 Å². The summed E-state index contributed by atoms with van der Waals surface area (Å²) in [6.45, 7) is 2.43. The number of furan rings is 1. The fourth-order valence-electron chi connectivity index (χ4n) is 2.53. The summed E-state index contributed by atoms with van der Waals surface area (Å²) in [5.74, 6) is 0.158. The van der Waals surface area contributed by atoms with Gasteiger partial charge in [-0.1, -0.05) is 0 Å². The lowest BCUT2D eigenvalue weighted by Gasteiger charge is -2.33. The van der Waals surface area contributed by atoms with Gasteiger partial charge >= 0.3 is 0 Å². The molecule has 7 nitrogen and oxygen atoms in total. The monoisotopic (exact) mass is 294 g/mol. The van der Waals surface area contributed by atoms with Gasteiger partial charge in [0.15, 0.2) is 0 Å². The van der Waals surface area contributed by atoms with Gasteiger partial charge in [0, 0.05) is 6.04 Å². The van der Waals surface area contributed by atoms with Crippen molar-refractivity contribution in [3.63, 3.8) is 0 Å². The second-order valence-electron chi connectivity index (χ2n) is 5.21. The van der Waals surface area contributed by atoms with Crippen molar-refractivity contribution < 1.29 is 14.0 Å². The number of carbonyl (C=O) groups is 2. The molecule has 0 bridgehead atoms. The van der Waals surface area contributed by atoms with Crippen LogP contribution in [-0.2, 0) is 16.1 Å². The molecule has 21 heavy (non-hydrogen) atoms. The smallest absolute Gasteiger partial charge is 0.234 e. The molecule has 1 aromatic rings. The van der Waals surface area contributed by atoms with Crippen LogP contribution in [0.3, 0.4) is 0 Å². The standard InChI is InChI=1S/C14H22N4O3/c15-13(19)9-18(11-3-5-16-6-4-11)10-14(20)17-8-12-2-1-7-21-12/h1-2,7,11,16H,3-6,8-10H2,(H2,15,19)(H,17,20). The molecule has 1 aliphatic rings. The summed E-state index contributed by atoms with van der Waals surface area (Å²) < 4.78 is 5.16. The van der Waals surface area contributed by atoms with Gasteiger partial charge in [-0.15, -0.1) is 0 Å². The Morgan fingerprint density at radius 3 is 2.76 bits per heavy atom. The number of amides is 2. The van der Waals surface area contributed by atoms with Crippen molar-refractivity contribution in [1.82, 2.24) is 15.5 Å². The van der Waals surface area contributed by atoms with E-state index >= 15 is 0 Å². The molecule has 0 spiro atoms. The van der Waals surface area contributed by atoms with Gasteiger partial charge in [-0.05, 0) is 38.1 Å². The van der Waals surface area contributed by atoms with Gasteiger partial charge in [0.05, 0.1) is 25.9 Å². The van der Waals surface area contributed by atoms with Crippen LogP contribution in [-0.4, -0.2) is 48.9 Å². The molecule has 1 saturated heterocycles. The van der Waals surface area contributed by atoms with Gasteiger partial charge < -0.3 is 20.8 Å². The molecule has 2 heterocycles. The number of hydrogen-bond donors (Lipinski definition) is 3. The summed E-state index contributed by atoms with van der Waals surface area (Å²) in [5, 5.41) is 6.05. The lowest BCUT2D eigenvalue weighted by Crippen LogP contribution is -2.50. The van der Waals surface area contributed by atoms with Gasteiger partial charge in [0.2, 0.25) is 11.8 Å². The first-order valence-electron chi connectivity index (χ1n) is 7.17. The highest BCUT2D eigenvalue weighted by molar-refractivity contribution is 5.80. The van der Waals surface area contributed by atoms with Crippen molar-refractivity contribution in [1.29, 1.82) is 0 Å². The average molecular weight is 294 g/mol. The molecule has 2 amide bonds. The molecule has 0 radical (unpaired) electrons. The van der Waals surface area contributed by atoms with Crippen molar-refractivity contribution in [2.75, 3.05) is 26.2 Å². The van der Waals surface area contributed by atoms with Crippen LogP contribution in [0.1, 0.15) is 18.6 Å². The lowest BCUT2D eigenvalue weighted by molar-refractivity contribution is -0.125. The minimum Gasteiger partial charge on any atom is -0.467 e. The number of nitrogens with two attached hydrogens (primary N) is 1. The molecule has 0 saturated carbocycles. The van der Waals surface area contributed by atoms with Crippen LogP contribution >= 0.6 is 0 Å². The molecule has 4 N–H and O–H groups in total.